The molecule has 0 unspecified atom stereocenters. The fourth-order valence-corrected chi connectivity index (χ4v) is 2.37. The van der Waals surface area contributed by atoms with Gasteiger partial charge in [0.2, 0.25) is 5.91 Å². The van der Waals surface area contributed by atoms with Crippen molar-refractivity contribution in [3.63, 3.8) is 0 Å². The van der Waals surface area contributed by atoms with Crippen molar-refractivity contribution in [2.24, 2.45) is 5.92 Å². The van der Waals surface area contributed by atoms with Gasteiger partial charge in [-0.05, 0) is 36.1 Å². The highest BCUT2D eigenvalue weighted by atomic mass is 16.2. The van der Waals surface area contributed by atoms with E-state index in [-0.39, 0.29) is 17.9 Å². The molecular weight excluding hydrogens is 302 g/mol. The molecule has 0 bridgehead atoms. The van der Waals surface area contributed by atoms with E-state index in [4.69, 9.17) is 0 Å². The van der Waals surface area contributed by atoms with Gasteiger partial charge in [-0.2, -0.15) is 0 Å². The van der Waals surface area contributed by atoms with Crippen LogP contribution in [0.3, 0.4) is 0 Å². The van der Waals surface area contributed by atoms with Crippen molar-refractivity contribution in [2.75, 3.05) is 5.32 Å². The highest BCUT2D eigenvalue weighted by Crippen LogP contribution is 2.30. The van der Waals surface area contributed by atoms with Crippen molar-refractivity contribution < 1.29 is 9.59 Å². The fraction of sp³-hybridized carbons (Fsp3) is 0.263. The van der Waals surface area contributed by atoms with E-state index in [1.54, 1.807) is 0 Å². The van der Waals surface area contributed by atoms with Crippen molar-refractivity contribution in [3.8, 4) is 0 Å². The number of urea groups is 1. The Labute approximate surface area is 141 Å². The van der Waals surface area contributed by atoms with Crippen molar-refractivity contribution in [1.82, 2.24) is 10.6 Å². The molecule has 0 saturated heterocycles. The molecule has 3 N–H and O–H groups in total. The monoisotopic (exact) mass is 323 g/mol. The molecule has 24 heavy (non-hydrogen) atoms. The van der Waals surface area contributed by atoms with E-state index in [9.17, 15) is 9.59 Å². The second kappa shape index (κ2) is 7.64. The summed E-state index contributed by atoms with van der Waals surface area (Å²) < 4.78 is 0. The molecule has 0 aromatic heterocycles. The van der Waals surface area contributed by atoms with Crippen LogP contribution in [-0.2, 0) is 17.9 Å². The van der Waals surface area contributed by atoms with Crippen LogP contribution in [0.5, 0.6) is 0 Å². The summed E-state index contributed by atoms with van der Waals surface area (Å²) in [5.41, 5.74) is 2.77. The van der Waals surface area contributed by atoms with Crippen LogP contribution in [0.1, 0.15) is 24.0 Å². The zero-order valence-electron chi connectivity index (χ0n) is 13.4. The Bertz CT molecular complexity index is 712. The lowest BCUT2D eigenvalue weighted by molar-refractivity contribution is -0.117. The molecule has 0 aliphatic heterocycles. The van der Waals surface area contributed by atoms with E-state index in [0.717, 1.165) is 29.7 Å². The standard InChI is InChI=1S/C19H21N3O2/c23-18(16-9-10-16)22-17-8-4-7-15(11-17)13-21-19(24)20-12-14-5-2-1-3-6-14/h1-8,11,16H,9-10,12-13H2,(H,22,23)(H2,20,21,24). The maximum Gasteiger partial charge on any atom is 0.315 e. The number of benzene rings is 2. The Morgan fingerprint density at radius 1 is 0.875 bits per heavy atom. The van der Waals surface area contributed by atoms with Gasteiger partial charge in [-0.15, -0.1) is 0 Å². The van der Waals surface area contributed by atoms with Gasteiger partial charge in [-0.3, -0.25) is 4.79 Å². The number of carbonyl (C=O) groups is 2. The molecule has 5 heteroatoms. The number of amides is 3. The van der Waals surface area contributed by atoms with Gasteiger partial charge in [0.1, 0.15) is 0 Å². The highest BCUT2D eigenvalue weighted by molar-refractivity contribution is 5.94. The molecule has 1 fully saturated rings. The van der Waals surface area contributed by atoms with Gasteiger partial charge in [0.15, 0.2) is 0 Å². The van der Waals surface area contributed by atoms with Crippen LogP contribution in [-0.4, -0.2) is 11.9 Å². The first-order chi connectivity index (χ1) is 11.7. The van der Waals surface area contributed by atoms with E-state index < -0.39 is 0 Å². The lowest BCUT2D eigenvalue weighted by atomic mass is 10.2. The molecule has 1 aliphatic rings. The maximum absolute atomic E-state index is 11.9. The number of rotatable bonds is 6. The zero-order chi connectivity index (χ0) is 16.8. The zero-order valence-corrected chi connectivity index (χ0v) is 13.4. The number of anilines is 1. The van der Waals surface area contributed by atoms with E-state index in [1.165, 1.54) is 0 Å². The maximum atomic E-state index is 11.9. The Hall–Kier alpha value is -2.82. The van der Waals surface area contributed by atoms with Gasteiger partial charge in [0.05, 0.1) is 0 Å². The molecule has 0 radical (unpaired) electrons. The number of hydrogen-bond donors (Lipinski definition) is 3. The number of hydrogen-bond acceptors (Lipinski definition) is 2. The number of nitrogens with one attached hydrogen (secondary N) is 3. The fourth-order valence-electron chi connectivity index (χ4n) is 2.37. The minimum atomic E-state index is -0.216. The first-order valence-corrected chi connectivity index (χ1v) is 8.16. The Morgan fingerprint density at radius 2 is 1.54 bits per heavy atom. The average Bonchev–Trinajstić information content (AvgIpc) is 3.44. The van der Waals surface area contributed by atoms with Crippen LogP contribution in [0.25, 0.3) is 0 Å². The second-order valence-corrected chi connectivity index (χ2v) is 5.99. The summed E-state index contributed by atoms with van der Waals surface area (Å²) in [4.78, 5) is 23.6. The molecule has 5 nitrogen and oxygen atoms in total. The summed E-state index contributed by atoms with van der Waals surface area (Å²) >= 11 is 0. The molecular formula is C19H21N3O2. The molecule has 2 aromatic carbocycles. The molecule has 1 aliphatic carbocycles. The lowest BCUT2D eigenvalue weighted by Crippen LogP contribution is -2.34. The summed E-state index contributed by atoms with van der Waals surface area (Å²) in [6.45, 7) is 0.901. The minimum absolute atomic E-state index is 0.0840. The van der Waals surface area contributed by atoms with Crippen LogP contribution >= 0.6 is 0 Å². The molecule has 2 aromatic rings. The van der Waals surface area contributed by atoms with Gasteiger partial charge < -0.3 is 16.0 Å². The van der Waals surface area contributed by atoms with Crippen molar-refractivity contribution >= 4 is 17.6 Å². The molecule has 0 heterocycles. The van der Waals surface area contributed by atoms with Crippen LogP contribution in [0, 0.1) is 5.92 Å². The van der Waals surface area contributed by atoms with Crippen LogP contribution in [0.2, 0.25) is 0 Å². The highest BCUT2D eigenvalue weighted by Gasteiger charge is 2.29. The summed E-state index contributed by atoms with van der Waals surface area (Å²) in [7, 11) is 0. The van der Waals surface area contributed by atoms with Gasteiger partial charge in [-0.25, -0.2) is 4.79 Å². The topological polar surface area (TPSA) is 70.2 Å². The molecule has 124 valence electrons. The van der Waals surface area contributed by atoms with Crippen LogP contribution < -0.4 is 16.0 Å². The third-order valence-corrected chi connectivity index (χ3v) is 3.89. The SMILES string of the molecule is O=C(NCc1ccccc1)NCc1cccc(NC(=O)C2CC2)c1. The summed E-state index contributed by atoms with van der Waals surface area (Å²) in [6, 6.07) is 17.1. The van der Waals surface area contributed by atoms with E-state index in [1.807, 2.05) is 54.6 Å². The summed E-state index contributed by atoms with van der Waals surface area (Å²) in [5.74, 6) is 0.260. The Balaban J connectivity index is 1.45. The summed E-state index contributed by atoms with van der Waals surface area (Å²) in [5, 5.41) is 8.55. The molecule has 1 saturated carbocycles. The van der Waals surface area contributed by atoms with Crippen molar-refractivity contribution in [3.05, 3.63) is 65.7 Å². The third-order valence-electron chi connectivity index (χ3n) is 3.89. The minimum Gasteiger partial charge on any atom is -0.334 e. The van der Waals surface area contributed by atoms with E-state index in [2.05, 4.69) is 16.0 Å². The predicted molar refractivity (Wildman–Crippen MR) is 93.3 cm³/mol. The predicted octanol–water partition coefficient (Wildman–Crippen LogP) is 3.03. The smallest absolute Gasteiger partial charge is 0.315 e. The largest absolute Gasteiger partial charge is 0.334 e. The van der Waals surface area contributed by atoms with Gasteiger partial charge in [0.25, 0.3) is 0 Å². The molecule has 3 amide bonds. The first-order valence-electron chi connectivity index (χ1n) is 8.16. The molecule has 0 spiro atoms. The van der Waals surface area contributed by atoms with Gasteiger partial charge >= 0.3 is 6.03 Å². The van der Waals surface area contributed by atoms with Crippen LogP contribution in [0.4, 0.5) is 10.5 Å². The first kappa shape index (κ1) is 16.1. The molecule has 0 atom stereocenters. The van der Waals surface area contributed by atoms with E-state index in [0.29, 0.717) is 13.1 Å². The number of carbonyl (C=O) groups excluding carboxylic acids is 2. The van der Waals surface area contributed by atoms with Crippen LogP contribution in [0.15, 0.2) is 54.6 Å². The molecule has 3 rings (SSSR count). The third kappa shape index (κ3) is 4.84. The lowest BCUT2D eigenvalue weighted by Gasteiger charge is -2.09. The second-order valence-electron chi connectivity index (χ2n) is 5.99. The Kier molecular flexibility index (Phi) is 5.11. The summed E-state index contributed by atoms with van der Waals surface area (Å²) in [6.07, 6.45) is 1.96. The quantitative estimate of drug-likeness (QED) is 0.765. The van der Waals surface area contributed by atoms with Crippen molar-refractivity contribution in [2.45, 2.75) is 25.9 Å². The van der Waals surface area contributed by atoms with Crippen molar-refractivity contribution in [1.29, 1.82) is 0 Å². The Morgan fingerprint density at radius 3 is 2.25 bits per heavy atom. The van der Waals surface area contributed by atoms with Gasteiger partial charge in [0, 0.05) is 24.7 Å². The van der Waals surface area contributed by atoms with Gasteiger partial charge in [-0.1, -0.05) is 42.5 Å². The average molecular weight is 323 g/mol. The van der Waals surface area contributed by atoms with E-state index >= 15 is 0 Å². The normalized spacial score (nSPS) is 13.2.